The fraction of sp³-hybridized carbons (Fsp3) is 0.440. The molecule has 0 unspecified atom stereocenters. The molecule has 0 radical (unpaired) electrons. The maximum absolute atomic E-state index is 12.3. The van der Waals surface area contributed by atoms with E-state index in [4.69, 9.17) is 4.74 Å². The third-order valence-electron chi connectivity index (χ3n) is 5.26. The quantitative estimate of drug-likeness (QED) is 0.572. The van der Waals surface area contributed by atoms with Gasteiger partial charge in [0.15, 0.2) is 0 Å². The van der Waals surface area contributed by atoms with E-state index in [0.717, 1.165) is 35.5 Å². The Balaban J connectivity index is 1.43. The fourth-order valence-electron chi connectivity index (χ4n) is 3.11. The maximum atomic E-state index is 12.3. The summed E-state index contributed by atoms with van der Waals surface area (Å²) >= 11 is 0. The minimum absolute atomic E-state index is 0.0591. The van der Waals surface area contributed by atoms with Gasteiger partial charge in [0.25, 0.3) is 0 Å². The number of rotatable bonds is 8. The molecular formula is C25H32N2O3. The number of ether oxygens (including phenoxy) is 1. The molecule has 5 heteroatoms. The van der Waals surface area contributed by atoms with E-state index in [2.05, 4.69) is 43.5 Å². The normalized spacial score (nSPS) is 13.6. The van der Waals surface area contributed by atoms with Crippen molar-refractivity contribution in [3.63, 3.8) is 0 Å². The molecule has 0 spiro atoms. The Hall–Kier alpha value is -2.82. The van der Waals surface area contributed by atoms with Crippen molar-refractivity contribution >= 4 is 23.2 Å². The van der Waals surface area contributed by atoms with E-state index in [9.17, 15) is 9.59 Å². The van der Waals surface area contributed by atoms with Crippen molar-refractivity contribution in [2.75, 3.05) is 17.2 Å². The highest BCUT2D eigenvalue weighted by molar-refractivity contribution is 5.96. The number of anilines is 2. The lowest BCUT2D eigenvalue weighted by Gasteiger charge is -2.19. The molecule has 0 aliphatic heterocycles. The second kappa shape index (κ2) is 9.33. The van der Waals surface area contributed by atoms with Gasteiger partial charge in [-0.3, -0.25) is 9.59 Å². The number of carbonyl (C=O) groups is 2. The first-order valence-corrected chi connectivity index (χ1v) is 10.7. The lowest BCUT2D eigenvalue weighted by molar-refractivity contribution is -0.117. The predicted molar refractivity (Wildman–Crippen MR) is 121 cm³/mol. The number of nitrogens with one attached hydrogen (secondary N) is 2. The molecular weight excluding hydrogens is 376 g/mol. The van der Waals surface area contributed by atoms with Crippen LogP contribution in [0.25, 0.3) is 0 Å². The first-order chi connectivity index (χ1) is 14.2. The minimum atomic E-state index is -0.0598. The van der Waals surface area contributed by atoms with Gasteiger partial charge in [-0.05, 0) is 67.0 Å². The molecule has 2 aromatic carbocycles. The zero-order valence-electron chi connectivity index (χ0n) is 18.4. The standard InChI is InChI=1S/C25H32N2O3/c1-17-7-12-20(26-24(29)18-8-9-18)16-22(17)27-23(28)6-5-15-30-21-13-10-19(11-14-21)25(2,3)4/h7,10-14,16,18H,5-6,8-9,15H2,1-4H3,(H,26,29)(H,27,28). The molecule has 30 heavy (non-hydrogen) atoms. The van der Waals surface area contributed by atoms with Gasteiger partial charge < -0.3 is 15.4 Å². The van der Waals surface area contributed by atoms with Crippen molar-refractivity contribution in [2.45, 2.75) is 58.8 Å². The average Bonchev–Trinajstić information content (AvgIpc) is 3.53. The SMILES string of the molecule is Cc1ccc(NC(=O)C2CC2)cc1NC(=O)CCCOc1ccc(C(C)(C)C)cc1. The van der Waals surface area contributed by atoms with Crippen LogP contribution in [-0.4, -0.2) is 18.4 Å². The lowest BCUT2D eigenvalue weighted by Crippen LogP contribution is -2.16. The van der Waals surface area contributed by atoms with Crippen LogP contribution in [0, 0.1) is 12.8 Å². The Morgan fingerprint density at radius 1 is 1.03 bits per heavy atom. The summed E-state index contributed by atoms with van der Waals surface area (Å²) in [6.07, 6.45) is 2.93. The van der Waals surface area contributed by atoms with Crippen molar-refractivity contribution in [3.8, 4) is 5.75 Å². The van der Waals surface area contributed by atoms with Gasteiger partial charge in [0.05, 0.1) is 6.61 Å². The molecule has 1 aliphatic carbocycles. The number of amides is 2. The second-order valence-electron chi connectivity index (χ2n) is 9.07. The van der Waals surface area contributed by atoms with Crippen LogP contribution in [0.15, 0.2) is 42.5 Å². The van der Waals surface area contributed by atoms with E-state index in [1.165, 1.54) is 5.56 Å². The molecule has 0 aromatic heterocycles. The molecule has 1 fully saturated rings. The van der Waals surface area contributed by atoms with Crippen LogP contribution < -0.4 is 15.4 Å². The summed E-state index contributed by atoms with van der Waals surface area (Å²) in [5, 5.41) is 5.86. The Labute approximate surface area is 179 Å². The number of benzene rings is 2. The van der Waals surface area contributed by atoms with Gasteiger partial charge in [-0.1, -0.05) is 39.0 Å². The molecule has 3 rings (SSSR count). The minimum Gasteiger partial charge on any atom is -0.494 e. The second-order valence-corrected chi connectivity index (χ2v) is 9.07. The third kappa shape index (κ3) is 6.34. The summed E-state index contributed by atoms with van der Waals surface area (Å²) in [5.74, 6) is 0.964. The molecule has 5 nitrogen and oxygen atoms in total. The van der Waals surface area contributed by atoms with E-state index in [0.29, 0.717) is 19.4 Å². The summed E-state index contributed by atoms with van der Waals surface area (Å²) in [7, 11) is 0. The molecule has 0 saturated heterocycles. The summed E-state index contributed by atoms with van der Waals surface area (Å²) < 4.78 is 5.76. The van der Waals surface area contributed by atoms with E-state index < -0.39 is 0 Å². The molecule has 1 saturated carbocycles. The van der Waals surface area contributed by atoms with E-state index in [1.54, 1.807) is 0 Å². The Morgan fingerprint density at radius 3 is 2.37 bits per heavy atom. The molecule has 2 aromatic rings. The first kappa shape index (κ1) is 21.9. The largest absolute Gasteiger partial charge is 0.494 e. The van der Waals surface area contributed by atoms with Gasteiger partial charge >= 0.3 is 0 Å². The van der Waals surface area contributed by atoms with Crippen LogP contribution in [0.4, 0.5) is 11.4 Å². The summed E-state index contributed by atoms with van der Waals surface area (Å²) in [6, 6.07) is 13.7. The Bertz CT molecular complexity index is 894. The van der Waals surface area contributed by atoms with Gasteiger partial charge in [0.1, 0.15) is 5.75 Å². The van der Waals surface area contributed by atoms with Crippen LogP contribution >= 0.6 is 0 Å². The van der Waals surface area contributed by atoms with E-state index in [-0.39, 0.29) is 23.1 Å². The monoisotopic (exact) mass is 408 g/mol. The van der Waals surface area contributed by atoms with Crippen molar-refractivity contribution in [2.24, 2.45) is 5.92 Å². The van der Waals surface area contributed by atoms with Crippen LogP contribution in [0.3, 0.4) is 0 Å². The van der Waals surface area contributed by atoms with Crippen LogP contribution in [0.1, 0.15) is 57.6 Å². The Kier molecular flexibility index (Phi) is 6.80. The number of aryl methyl sites for hydroxylation is 1. The molecule has 0 bridgehead atoms. The predicted octanol–water partition coefficient (Wildman–Crippen LogP) is 5.44. The van der Waals surface area contributed by atoms with Crippen molar-refractivity contribution in [3.05, 3.63) is 53.6 Å². The summed E-state index contributed by atoms with van der Waals surface area (Å²) in [6.45, 7) is 8.96. The van der Waals surface area contributed by atoms with E-state index in [1.807, 2.05) is 37.3 Å². The fourth-order valence-corrected chi connectivity index (χ4v) is 3.11. The van der Waals surface area contributed by atoms with Crippen molar-refractivity contribution in [1.29, 1.82) is 0 Å². The topological polar surface area (TPSA) is 67.4 Å². The molecule has 1 aliphatic rings. The van der Waals surface area contributed by atoms with Crippen molar-refractivity contribution in [1.82, 2.24) is 0 Å². The smallest absolute Gasteiger partial charge is 0.227 e. The summed E-state index contributed by atoms with van der Waals surface area (Å²) in [5.41, 5.74) is 3.79. The zero-order valence-corrected chi connectivity index (χ0v) is 18.4. The Morgan fingerprint density at radius 2 is 1.73 bits per heavy atom. The molecule has 0 heterocycles. The molecule has 2 amide bonds. The molecule has 2 N–H and O–H groups in total. The highest BCUT2D eigenvalue weighted by Crippen LogP contribution is 2.31. The number of hydrogen-bond donors (Lipinski definition) is 2. The average molecular weight is 409 g/mol. The van der Waals surface area contributed by atoms with Gasteiger partial charge in [-0.25, -0.2) is 0 Å². The zero-order chi connectivity index (χ0) is 21.7. The molecule has 0 atom stereocenters. The van der Waals surface area contributed by atoms with Gasteiger partial charge in [0, 0.05) is 23.7 Å². The van der Waals surface area contributed by atoms with Crippen LogP contribution in [0.2, 0.25) is 0 Å². The number of carbonyl (C=O) groups excluding carboxylic acids is 2. The first-order valence-electron chi connectivity index (χ1n) is 10.7. The van der Waals surface area contributed by atoms with Gasteiger partial charge in [-0.2, -0.15) is 0 Å². The van der Waals surface area contributed by atoms with Gasteiger partial charge in [0.2, 0.25) is 11.8 Å². The van der Waals surface area contributed by atoms with Gasteiger partial charge in [-0.15, -0.1) is 0 Å². The molecule has 160 valence electrons. The van der Waals surface area contributed by atoms with Crippen LogP contribution in [-0.2, 0) is 15.0 Å². The lowest BCUT2D eigenvalue weighted by atomic mass is 9.87. The third-order valence-corrected chi connectivity index (χ3v) is 5.26. The van der Waals surface area contributed by atoms with Crippen molar-refractivity contribution < 1.29 is 14.3 Å². The number of hydrogen-bond acceptors (Lipinski definition) is 3. The highest BCUT2D eigenvalue weighted by Gasteiger charge is 2.29. The maximum Gasteiger partial charge on any atom is 0.227 e. The van der Waals surface area contributed by atoms with E-state index >= 15 is 0 Å². The van der Waals surface area contributed by atoms with Crippen LogP contribution in [0.5, 0.6) is 5.75 Å². The summed E-state index contributed by atoms with van der Waals surface area (Å²) in [4.78, 5) is 24.3. The highest BCUT2D eigenvalue weighted by atomic mass is 16.5.